The molecule has 3 rings (SSSR count). The molecule has 0 bridgehead atoms. The van der Waals surface area contributed by atoms with E-state index < -0.39 is 0 Å². The van der Waals surface area contributed by atoms with E-state index in [1.807, 2.05) is 43.7 Å². The number of likely N-dealkylation sites (N-methyl/N-ethyl adjacent to an activating group) is 1. The fourth-order valence-electron chi connectivity index (χ4n) is 2.71. The van der Waals surface area contributed by atoms with Gasteiger partial charge in [0.15, 0.2) is 5.13 Å². The number of ether oxygens (including phenoxy) is 1. The fraction of sp³-hybridized carbons (Fsp3) is 0.227. The average Bonchev–Trinajstić information content (AvgIpc) is 3.16. The van der Waals surface area contributed by atoms with Gasteiger partial charge in [0.25, 0.3) is 5.91 Å². The minimum Gasteiger partial charge on any atom is -0.492 e. The zero-order valence-electron chi connectivity index (χ0n) is 17.1. The van der Waals surface area contributed by atoms with E-state index in [9.17, 15) is 9.59 Å². The molecule has 2 aromatic carbocycles. The number of aromatic nitrogens is 1. The first kappa shape index (κ1) is 21.5. The van der Waals surface area contributed by atoms with E-state index >= 15 is 0 Å². The molecule has 0 aliphatic carbocycles. The summed E-state index contributed by atoms with van der Waals surface area (Å²) in [7, 11) is 3.99. The highest BCUT2D eigenvalue weighted by atomic mass is 32.1. The molecular formula is C22H24N4O3S. The Labute approximate surface area is 179 Å². The average molecular weight is 425 g/mol. The van der Waals surface area contributed by atoms with Gasteiger partial charge in [0.05, 0.1) is 5.69 Å². The van der Waals surface area contributed by atoms with E-state index in [2.05, 4.69) is 20.5 Å². The molecule has 1 heterocycles. The third-order valence-corrected chi connectivity index (χ3v) is 4.89. The van der Waals surface area contributed by atoms with Crippen molar-refractivity contribution in [2.75, 3.05) is 37.9 Å². The molecule has 0 spiro atoms. The van der Waals surface area contributed by atoms with Crippen LogP contribution in [0.2, 0.25) is 0 Å². The van der Waals surface area contributed by atoms with Crippen LogP contribution in [0.25, 0.3) is 11.3 Å². The number of benzene rings is 2. The van der Waals surface area contributed by atoms with E-state index in [1.165, 1.54) is 18.3 Å². The molecule has 0 atom stereocenters. The maximum absolute atomic E-state index is 12.6. The number of carbonyl (C=O) groups excluding carboxylic acids is 2. The van der Waals surface area contributed by atoms with Crippen LogP contribution in [0.5, 0.6) is 5.75 Å². The SMILES string of the molecule is CC(=O)Nc1cccc(C(=O)Nc2nc(-c3ccccc3OCCN(C)C)cs2)c1. The summed E-state index contributed by atoms with van der Waals surface area (Å²) >= 11 is 1.34. The van der Waals surface area contributed by atoms with E-state index in [1.54, 1.807) is 24.3 Å². The van der Waals surface area contributed by atoms with Crippen LogP contribution in [0.1, 0.15) is 17.3 Å². The van der Waals surface area contributed by atoms with Crippen molar-refractivity contribution in [2.24, 2.45) is 0 Å². The second-order valence-electron chi connectivity index (χ2n) is 6.90. The lowest BCUT2D eigenvalue weighted by Gasteiger charge is -2.13. The highest BCUT2D eigenvalue weighted by molar-refractivity contribution is 7.14. The van der Waals surface area contributed by atoms with Gasteiger partial charge in [-0.3, -0.25) is 14.9 Å². The molecule has 7 nitrogen and oxygen atoms in total. The van der Waals surface area contributed by atoms with Crippen LogP contribution in [-0.4, -0.2) is 48.9 Å². The summed E-state index contributed by atoms with van der Waals surface area (Å²) in [6, 6.07) is 14.5. The van der Waals surface area contributed by atoms with Gasteiger partial charge in [-0.2, -0.15) is 0 Å². The zero-order chi connectivity index (χ0) is 21.5. The maximum atomic E-state index is 12.6. The largest absolute Gasteiger partial charge is 0.492 e. The Morgan fingerprint density at radius 3 is 2.67 bits per heavy atom. The lowest BCUT2D eigenvalue weighted by molar-refractivity contribution is -0.114. The Morgan fingerprint density at radius 1 is 1.10 bits per heavy atom. The van der Waals surface area contributed by atoms with Gasteiger partial charge >= 0.3 is 0 Å². The van der Waals surface area contributed by atoms with Gasteiger partial charge in [0.1, 0.15) is 12.4 Å². The number of rotatable bonds is 8. The highest BCUT2D eigenvalue weighted by Gasteiger charge is 2.13. The fourth-order valence-corrected chi connectivity index (χ4v) is 3.41. The molecule has 0 unspecified atom stereocenters. The molecule has 0 radical (unpaired) electrons. The minimum absolute atomic E-state index is 0.191. The van der Waals surface area contributed by atoms with Gasteiger partial charge in [0.2, 0.25) is 5.91 Å². The lowest BCUT2D eigenvalue weighted by Crippen LogP contribution is -2.19. The predicted octanol–water partition coefficient (Wildman–Crippen LogP) is 3.96. The van der Waals surface area contributed by atoms with Crippen LogP contribution >= 0.6 is 11.3 Å². The molecule has 0 fully saturated rings. The van der Waals surface area contributed by atoms with Gasteiger partial charge < -0.3 is 15.0 Å². The summed E-state index contributed by atoms with van der Waals surface area (Å²) in [5.74, 6) is 0.271. The number of hydrogen-bond donors (Lipinski definition) is 2. The first-order valence-corrected chi connectivity index (χ1v) is 10.3. The maximum Gasteiger partial charge on any atom is 0.257 e. The standard InChI is InChI=1S/C22H24N4O3S/c1-15(27)23-17-8-6-7-16(13-17)21(28)25-22-24-19(14-30-22)18-9-4-5-10-20(18)29-12-11-26(2)3/h4-10,13-14H,11-12H2,1-3H3,(H,23,27)(H,24,25,28). The molecular weight excluding hydrogens is 400 g/mol. The van der Waals surface area contributed by atoms with Gasteiger partial charge in [-0.15, -0.1) is 11.3 Å². The summed E-state index contributed by atoms with van der Waals surface area (Å²) in [5.41, 5.74) is 2.62. The highest BCUT2D eigenvalue weighted by Crippen LogP contribution is 2.32. The van der Waals surface area contributed by atoms with Crippen LogP contribution in [0.15, 0.2) is 53.9 Å². The second kappa shape index (κ2) is 10.00. The Morgan fingerprint density at radius 2 is 1.90 bits per heavy atom. The first-order chi connectivity index (χ1) is 14.4. The van der Waals surface area contributed by atoms with Crippen molar-refractivity contribution in [3.8, 4) is 17.0 Å². The number of thiazole rings is 1. The first-order valence-electron chi connectivity index (χ1n) is 9.44. The number of para-hydroxylation sites is 1. The molecule has 0 aliphatic rings. The molecule has 30 heavy (non-hydrogen) atoms. The molecule has 2 amide bonds. The van der Waals surface area contributed by atoms with Crippen molar-refractivity contribution >= 4 is 34.0 Å². The van der Waals surface area contributed by atoms with Crippen molar-refractivity contribution in [3.63, 3.8) is 0 Å². The molecule has 0 saturated carbocycles. The summed E-state index contributed by atoms with van der Waals surface area (Å²) < 4.78 is 5.91. The Kier molecular flexibility index (Phi) is 7.16. The molecule has 2 N–H and O–H groups in total. The second-order valence-corrected chi connectivity index (χ2v) is 7.76. The topological polar surface area (TPSA) is 83.6 Å². The predicted molar refractivity (Wildman–Crippen MR) is 120 cm³/mol. The number of amides is 2. The quantitative estimate of drug-likeness (QED) is 0.572. The van der Waals surface area contributed by atoms with Gasteiger partial charge in [-0.25, -0.2) is 4.98 Å². The van der Waals surface area contributed by atoms with Crippen molar-refractivity contribution < 1.29 is 14.3 Å². The monoisotopic (exact) mass is 424 g/mol. The summed E-state index contributed by atoms with van der Waals surface area (Å²) in [5, 5.41) is 7.86. The molecule has 0 saturated heterocycles. The van der Waals surface area contributed by atoms with Crippen molar-refractivity contribution in [1.82, 2.24) is 9.88 Å². The van der Waals surface area contributed by atoms with Gasteiger partial charge in [0, 0.05) is 35.7 Å². The number of nitrogens with zero attached hydrogens (tertiary/aromatic N) is 2. The third kappa shape index (κ3) is 5.88. The van der Waals surface area contributed by atoms with E-state index in [4.69, 9.17) is 4.74 Å². The summed E-state index contributed by atoms with van der Waals surface area (Å²) in [6.45, 7) is 2.80. The molecule has 3 aromatic rings. The third-order valence-electron chi connectivity index (χ3n) is 4.13. The molecule has 156 valence electrons. The van der Waals surface area contributed by atoms with Crippen molar-refractivity contribution in [3.05, 3.63) is 59.5 Å². The zero-order valence-corrected chi connectivity index (χ0v) is 18.0. The van der Waals surface area contributed by atoms with E-state index in [0.717, 1.165) is 23.6 Å². The van der Waals surface area contributed by atoms with E-state index in [-0.39, 0.29) is 11.8 Å². The van der Waals surface area contributed by atoms with Crippen LogP contribution in [-0.2, 0) is 4.79 Å². The lowest BCUT2D eigenvalue weighted by atomic mass is 10.1. The van der Waals surface area contributed by atoms with Crippen LogP contribution in [0.4, 0.5) is 10.8 Å². The Hall–Kier alpha value is -3.23. The van der Waals surface area contributed by atoms with Crippen LogP contribution in [0, 0.1) is 0 Å². The van der Waals surface area contributed by atoms with E-state index in [0.29, 0.717) is 23.0 Å². The van der Waals surface area contributed by atoms with Crippen LogP contribution < -0.4 is 15.4 Å². The molecule has 1 aromatic heterocycles. The summed E-state index contributed by atoms with van der Waals surface area (Å²) in [4.78, 5) is 30.4. The smallest absolute Gasteiger partial charge is 0.257 e. The van der Waals surface area contributed by atoms with Crippen LogP contribution in [0.3, 0.4) is 0 Å². The Balaban J connectivity index is 1.71. The van der Waals surface area contributed by atoms with Gasteiger partial charge in [-0.1, -0.05) is 18.2 Å². The van der Waals surface area contributed by atoms with Gasteiger partial charge in [-0.05, 0) is 44.4 Å². The summed E-state index contributed by atoms with van der Waals surface area (Å²) in [6.07, 6.45) is 0. The molecule has 0 aliphatic heterocycles. The van der Waals surface area contributed by atoms with Crippen molar-refractivity contribution in [2.45, 2.75) is 6.92 Å². The normalized spacial score (nSPS) is 10.7. The minimum atomic E-state index is -0.293. The number of nitrogens with one attached hydrogen (secondary N) is 2. The van der Waals surface area contributed by atoms with Crippen molar-refractivity contribution in [1.29, 1.82) is 0 Å². The molecule has 8 heteroatoms. The number of anilines is 2. The Bertz CT molecular complexity index is 1030. The number of hydrogen-bond acceptors (Lipinski definition) is 6. The number of carbonyl (C=O) groups is 2.